The molecule has 5 nitrogen and oxygen atoms in total. The summed E-state index contributed by atoms with van der Waals surface area (Å²) in [5, 5.41) is 4.17. The van der Waals surface area contributed by atoms with E-state index >= 15 is 0 Å². The lowest BCUT2D eigenvalue weighted by atomic mass is 9.91. The van der Waals surface area contributed by atoms with Gasteiger partial charge in [-0.15, -0.1) is 0 Å². The second-order valence-corrected chi connectivity index (χ2v) is 7.74. The minimum Gasteiger partial charge on any atom is -0.361 e. The number of amides is 1. The third kappa shape index (κ3) is 4.00. The third-order valence-corrected chi connectivity index (χ3v) is 5.65. The topological polar surface area (TPSA) is 49.6 Å². The normalized spacial score (nSPS) is 23.8. The molecule has 0 unspecified atom stereocenters. The molecule has 1 aromatic rings. The second kappa shape index (κ2) is 7.68. The Balaban J connectivity index is 1.59. The van der Waals surface area contributed by atoms with Gasteiger partial charge in [0.2, 0.25) is 5.91 Å². The number of piperidine rings is 2. The molecule has 2 fully saturated rings. The van der Waals surface area contributed by atoms with E-state index in [1.807, 2.05) is 13.0 Å². The van der Waals surface area contributed by atoms with Gasteiger partial charge >= 0.3 is 0 Å². The predicted octanol–water partition coefficient (Wildman–Crippen LogP) is 3.55. The van der Waals surface area contributed by atoms with Crippen molar-refractivity contribution in [3.05, 3.63) is 17.5 Å². The molecule has 5 heteroatoms. The molecule has 0 N–H and O–H groups in total. The summed E-state index contributed by atoms with van der Waals surface area (Å²) in [6, 6.07) is 2.71. The lowest BCUT2D eigenvalue weighted by Crippen LogP contribution is -2.42. The van der Waals surface area contributed by atoms with Crippen molar-refractivity contribution in [2.24, 2.45) is 5.92 Å². The van der Waals surface area contributed by atoms with Gasteiger partial charge < -0.3 is 14.3 Å². The highest BCUT2D eigenvalue weighted by Crippen LogP contribution is 2.32. The van der Waals surface area contributed by atoms with Crippen LogP contribution in [0.15, 0.2) is 10.6 Å². The maximum Gasteiger partial charge on any atom is 0.223 e. The first-order valence-corrected chi connectivity index (χ1v) is 9.51. The number of hydrogen-bond donors (Lipinski definition) is 0. The molecule has 3 heterocycles. The molecule has 1 atom stereocenters. The van der Waals surface area contributed by atoms with Gasteiger partial charge in [-0.1, -0.05) is 5.16 Å². The van der Waals surface area contributed by atoms with Crippen molar-refractivity contribution in [2.75, 3.05) is 19.6 Å². The molecule has 1 aromatic heterocycles. The SMILES string of the molecule is Cc1cc([C@@H]2CCCCN2C(=O)CC2CCN(C(C)C)CC2)no1. The number of aromatic nitrogens is 1. The van der Waals surface area contributed by atoms with Gasteiger partial charge in [0.15, 0.2) is 0 Å². The number of nitrogens with zero attached hydrogens (tertiary/aromatic N) is 3. The van der Waals surface area contributed by atoms with E-state index < -0.39 is 0 Å². The third-order valence-electron chi connectivity index (χ3n) is 5.65. The van der Waals surface area contributed by atoms with Crippen LogP contribution in [0.3, 0.4) is 0 Å². The van der Waals surface area contributed by atoms with Gasteiger partial charge in [0.1, 0.15) is 11.5 Å². The Morgan fingerprint density at radius 3 is 2.62 bits per heavy atom. The molecule has 0 saturated carbocycles. The van der Waals surface area contributed by atoms with E-state index in [2.05, 4.69) is 28.8 Å². The summed E-state index contributed by atoms with van der Waals surface area (Å²) in [5.41, 5.74) is 0.926. The molecule has 0 aromatic carbocycles. The average Bonchev–Trinajstić information content (AvgIpc) is 3.01. The van der Waals surface area contributed by atoms with Crippen LogP contribution < -0.4 is 0 Å². The lowest BCUT2D eigenvalue weighted by molar-refractivity contribution is -0.136. The van der Waals surface area contributed by atoms with E-state index in [9.17, 15) is 4.79 Å². The van der Waals surface area contributed by atoms with Crippen LogP contribution in [0, 0.1) is 12.8 Å². The zero-order valence-electron chi connectivity index (χ0n) is 15.3. The van der Waals surface area contributed by atoms with Gasteiger partial charge in [0.25, 0.3) is 0 Å². The van der Waals surface area contributed by atoms with Crippen LogP contribution in [-0.4, -0.2) is 46.5 Å². The number of likely N-dealkylation sites (tertiary alicyclic amines) is 2. The molecule has 134 valence electrons. The smallest absolute Gasteiger partial charge is 0.223 e. The number of aryl methyl sites for hydroxylation is 1. The Bertz CT molecular complexity index is 547. The molecule has 0 bridgehead atoms. The van der Waals surface area contributed by atoms with E-state index in [4.69, 9.17) is 4.52 Å². The van der Waals surface area contributed by atoms with Crippen LogP contribution in [0.2, 0.25) is 0 Å². The van der Waals surface area contributed by atoms with E-state index in [1.54, 1.807) is 0 Å². The second-order valence-electron chi connectivity index (χ2n) is 7.74. The number of rotatable bonds is 4. The first-order chi connectivity index (χ1) is 11.5. The van der Waals surface area contributed by atoms with E-state index in [1.165, 1.54) is 0 Å². The molecule has 0 spiro atoms. The van der Waals surface area contributed by atoms with Crippen molar-refractivity contribution in [3.8, 4) is 0 Å². The summed E-state index contributed by atoms with van der Waals surface area (Å²) >= 11 is 0. The van der Waals surface area contributed by atoms with Crippen LogP contribution in [0.4, 0.5) is 0 Å². The van der Waals surface area contributed by atoms with E-state index in [0.717, 1.165) is 63.2 Å². The predicted molar refractivity (Wildman–Crippen MR) is 93.6 cm³/mol. The fourth-order valence-electron chi connectivity index (χ4n) is 4.12. The maximum absolute atomic E-state index is 12.9. The molecule has 3 rings (SSSR count). The summed E-state index contributed by atoms with van der Waals surface area (Å²) in [6.45, 7) is 9.53. The Labute approximate surface area is 145 Å². The van der Waals surface area contributed by atoms with E-state index in [0.29, 0.717) is 24.3 Å². The van der Waals surface area contributed by atoms with Crippen LogP contribution in [0.1, 0.15) is 69.9 Å². The van der Waals surface area contributed by atoms with Crippen molar-refractivity contribution in [2.45, 2.75) is 71.4 Å². The highest BCUT2D eigenvalue weighted by Gasteiger charge is 2.32. The fraction of sp³-hybridized carbons (Fsp3) is 0.789. The number of carbonyl (C=O) groups excluding carboxylic acids is 1. The van der Waals surface area contributed by atoms with E-state index in [-0.39, 0.29) is 6.04 Å². The number of carbonyl (C=O) groups is 1. The summed E-state index contributed by atoms with van der Waals surface area (Å²) in [7, 11) is 0. The monoisotopic (exact) mass is 333 g/mol. The molecule has 0 aliphatic carbocycles. The quantitative estimate of drug-likeness (QED) is 0.845. The molecule has 1 amide bonds. The minimum atomic E-state index is 0.111. The van der Waals surface area contributed by atoms with Crippen LogP contribution in [0.25, 0.3) is 0 Å². The van der Waals surface area contributed by atoms with Crippen molar-refractivity contribution >= 4 is 5.91 Å². The maximum atomic E-state index is 12.9. The molecular weight excluding hydrogens is 302 g/mol. The summed E-state index contributed by atoms with van der Waals surface area (Å²) < 4.78 is 5.24. The molecular formula is C19H31N3O2. The molecule has 24 heavy (non-hydrogen) atoms. The average molecular weight is 333 g/mol. The van der Waals surface area contributed by atoms with Gasteiger partial charge in [0, 0.05) is 25.1 Å². The first kappa shape index (κ1) is 17.5. The van der Waals surface area contributed by atoms with Gasteiger partial charge in [-0.25, -0.2) is 0 Å². The highest BCUT2D eigenvalue weighted by molar-refractivity contribution is 5.77. The lowest BCUT2D eigenvalue weighted by Gasteiger charge is -2.38. The van der Waals surface area contributed by atoms with Crippen molar-refractivity contribution in [1.82, 2.24) is 15.0 Å². The van der Waals surface area contributed by atoms with Crippen LogP contribution >= 0.6 is 0 Å². The molecule has 2 aliphatic rings. The van der Waals surface area contributed by atoms with Gasteiger partial charge in [0.05, 0.1) is 6.04 Å². The minimum absolute atomic E-state index is 0.111. The molecule has 2 saturated heterocycles. The van der Waals surface area contributed by atoms with Crippen molar-refractivity contribution < 1.29 is 9.32 Å². The van der Waals surface area contributed by atoms with Crippen LogP contribution in [0.5, 0.6) is 0 Å². The Kier molecular flexibility index (Phi) is 5.59. The Hall–Kier alpha value is -1.36. The summed E-state index contributed by atoms with van der Waals surface area (Å²) in [5.74, 6) is 1.67. The summed E-state index contributed by atoms with van der Waals surface area (Å²) in [4.78, 5) is 17.5. The number of hydrogen-bond acceptors (Lipinski definition) is 4. The highest BCUT2D eigenvalue weighted by atomic mass is 16.5. The fourth-order valence-corrected chi connectivity index (χ4v) is 4.12. The first-order valence-electron chi connectivity index (χ1n) is 9.51. The standard InChI is InChI=1S/C19H31N3O2/c1-14(2)21-10-7-16(8-11-21)13-19(23)22-9-5-4-6-18(22)17-12-15(3)24-20-17/h12,14,16,18H,4-11,13H2,1-3H3/t18-/m0/s1. The zero-order valence-corrected chi connectivity index (χ0v) is 15.3. The van der Waals surface area contributed by atoms with Crippen LogP contribution in [-0.2, 0) is 4.79 Å². The van der Waals surface area contributed by atoms with Gasteiger partial charge in [-0.05, 0) is 71.9 Å². The summed E-state index contributed by atoms with van der Waals surface area (Å²) in [6.07, 6.45) is 6.25. The van der Waals surface area contributed by atoms with Crippen molar-refractivity contribution in [3.63, 3.8) is 0 Å². The van der Waals surface area contributed by atoms with Gasteiger partial charge in [-0.3, -0.25) is 4.79 Å². The largest absolute Gasteiger partial charge is 0.361 e. The zero-order chi connectivity index (χ0) is 17.1. The molecule has 0 radical (unpaired) electrons. The Morgan fingerprint density at radius 2 is 2.00 bits per heavy atom. The van der Waals surface area contributed by atoms with Gasteiger partial charge in [-0.2, -0.15) is 0 Å². The van der Waals surface area contributed by atoms with Crippen molar-refractivity contribution in [1.29, 1.82) is 0 Å². The molecule has 2 aliphatic heterocycles. The Morgan fingerprint density at radius 1 is 1.25 bits per heavy atom.